The zero-order chi connectivity index (χ0) is 14.6. The van der Waals surface area contributed by atoms with E-state index >= 15 is 0 Å². The van der Waals surface area contributed by atoms with Gasteiger partial charge in [0.1, 0.15) is 5.75 Å². The van der Waals surface area contributed by atoms with Gasteiger partial charge in [-0.05, 0) is 25.0 Å². The van der Waals surface area contributed by atoms with Gasteiger partial charge in [0, 0.05) is 30.9 Å². The Bertz CT molecular complexity index is 774. The monoisotopic (exact) mass is 305 g/mol. The summed E-state index contributed by atoms with van der Waals surface area (Å²) >= 11 is 6.25. The van der Waals surface area contributed by atoms with Crippen molar-refractivity contribution in [3.05, 3.63) is 33.7 Å². The summed E-state index contributed by atoms with van der Waals surface area (Å²) < 4.78 is 7.28. The first kappa shape index (κ1) is 13.1. The number of halogens is 1. The van der Waals surface area contributed by atoms with E-state index in [1.165, 1.54) is 4.68 Å². The van der Waals surface area contributed by atoms with Crippen LogP contribution in [0.25, 0.3) is 10.8 Å². The second-order valence-corrected chi connectivity index (χ2v) is 6.60. The van der Waals surface area contributed by atoms with Gasteiger partial charge in [-0.2, -0.15) is 5.10 Å². The molecule has 1 saturated carbocycles. The van der Waals surface area contributed by atoms with Crippen LogP contribution in [0, 0.1) is 5.41 Å². The molecule has 0 unspecified atom stereocenters. The summed E-state index contributed by atoms with van der Waals surface area (Å²) in [5, 5.41) is 8.98. The first-order valence-corrected chi connectivity index (χ1v) is 7.47. The molecule has 0 bridgehead atoms. The molecule has 110 valence electrons. The minimum absolute atomic E-state index is 0.188. The van der Waals surface area contributed by atoms with E-state index in [-0.39, 0.29) is 11.7 Å². The smallest absolute Gasteiger partial charge is 0.275 e. The number of rotatable bonds is 2. The maximum atomic E-state index is 12.0. The fourth-order valence-corrected chi connectivity index (χ4v) is 3.61. The number of nitrogens with one attached hydrogen (secondary N) is 1. The largest absolute Gasteiger partial charge is 0.490 e. The maximum absolute atomic E-state index is 12.0. The number of aryl methyl sites for hydroxylation is 1. The normalized spacial score (nSPS) is 20.3. The van der Waals surface area contributed by atoms with Gasteiger partial charge in [-0.25, -0.2) is 4.68 Å². The summed E-state index contributed by atoms with van der Waals surface area (Å²) in [5.41, 5.74) is 0.287. The highest BCUT2D eigenvalue weighted by molar-refractivity contribution is 6.35. The molecule has 1 N–H and O–H groups in total. The Labute approximate surface area is 126 Å². The average molecular weight is 306 g/mol. The molecule has 2 heterocycles. The molecule has 1 aliphatic carbocycles. The van der Waals surface area contributed by atoms with E-state index < -0.39 is 0 Å². The van der Waals surface area contributed by atoms with Crippen LogP contribution in [0.5, 0.6) is 5.75 Å². The SMILES string of the molecule is Cn1ncc2cc(OC3CC4(CNC4)C3)cc(Cl)c2c1=O. The molecule has 6 heteroatoms. The first-order valence-electron chi connectivity index (χ1n) is 7.09. The zero-order valence-electron chi connectivity index (χ0n) is 11.7. The van der Waals surface area contributed by atoms with Crippen molar-refractivity contribution in [3.63, 3.8) is 0 Å². The highest BCUT2D eigenvalue weighted by Gasteiger charge is 2.49. The number of hydrogen-bond acceptors (Lipinski definition) is 4. The highest BCUT2D eigenvalue weighted by Crippen LogP contribution is 2.46. The molecule has 1 aromatic heterocycles. The van der Waals surface area contributed by atoms with Crippen LogP contribution in [0.3, 0.4) is 0 Å². The third-order valence-electron chi connectivity index (χ3n) is 4.60. The Morgan fingerprint density at radius 3 is 2.86 bits per heavy atom. The molecule has 1 saturated heterocycles. The predicted molar refractivity (Wildman–Crippen MR) is 80.9 cm³/mol. The fraction of sp³-hybridized carbons (Fsp3) is 0.467. The van der Waals surface area contributed by atoms with Gasteiger partial charge < -0.3 is 10.1 Å². The van der Waals surface area contributed by atoms with Gasteiger partial charge in [-0.15, -0.1) is 0 Å². The van der Waals surface area contributed by atoms with Crippen LogP contribution in [-0.4, -0.2) is 29.0 Å². The van der Waals surface area contributed by atoms with Crippen LogP contribution in [0.2, 0.25) is 5.02 Å². The van der Waals surface area contributed by atoms with Gasteiger partial charge in [0.15, 0.2) is 0 Å². The lowest BCUT2D eigenvalue weighted by Crippen LogP contribution is -2.62. The summed E-state index contributed by atoms with van der Waals surface area (Å²) in [4.78, 5) is 12.0. The highest BCUT2D eigenvalue weighted by atomic mass is 35.5. The van der Waals surface area contributed by atoms with E-state index in [0.29, 0.717) is 15.8 Å². The summed E-state index contributed by atoms with van der Waals surface area (Å²) in [7, 11) is 1.61. The van der Waals surface area contributed by atoms with Gasteiger partial charge in [0.2, 0.25) is 0 Å². The summed E-state index contributed by atoms with van der Waals surface area (Å²) in [5.74, 6) is 0.717. The summed E-state index contributed by atoms with van der Waals surface area (Å²) in [6, 6.07) is 3.58. The molecule has 5 nitrogen and oxygen atoms in total. The Hall–Kier alpha value is -1.59. The van der Waals surface area contributed by atoms with E-state index in [1.54, 1.807) is 19.3 Å². The second-order valence-electron chi connectivity index (χ2n) is 6.19. The Morgan fingerprint density at radius 1 is 1.43 bits per heavy atom. The predicted octanol–water partition coefficient (Wildman–Crippen LogP) is 1.72. The standard InChI is InChI=1S/C15H16ClN3O2/c1-19-14(20)13-9(6-18-19)2-10(3-12(13)16)21-11-4-15(5-11)7-17-8-15/h2-3,6,11,17H,4-5,7-8H2,1H3. The first-order chi connectivity index (χ1) is 10.1. The molecule has 0 atom stereocenters. The van der Waals surface area contributed by atoms with Gasteiger partial charge in [0.05, 0.1) is 22.7 Å². The number of aromatic nitrogens is 2. The van der Waals surface area contributed by atoms with Gasteiger partial charge in [0.25, 0.3) is 5.56 Å². The van der Waals surface area contributed by atoms with Crippen LogP contribution in [0.1, 0.15) is 12.8 Å². The Balaban J connectivity index is 1.62. The number of benzene rings is 1. The molecule has 0 radical (unpaired) electrons. The van der Waals surface area contributed by atoms with Gasteiger partial charge >= 0.3 is 0 Å². The third-order valence-corrected chi connectivity index (χ3v) is 4.89. The van der Waals surface area contributed by atoms with Crippen LogP contribution in [0.15, 0.2) is 23.1 Å². The van der Waals surface area contributed by atoms with Crippen molar-refractivity contribution in [2.45, 2.75) is 18.9 Å². The summed E-state index contributed by atoms with van der Waals surface area (Å²) in [6.07, 6.45) is 4.07. The average Bonchev–Trinajstić information content (AvgIpc) is 2.35. The molecular formula is C15H16ClN3O2. The van der Waals surface area contributed by atoms with Crippen molar-refractivity contribution >= 4 is 22.4 Å². The van der Waals surface area contributed by atoms with Crippen molar-refractivity contribution < 1.29 is 4.74 Å². The minimum atomic E-state index is -0.188. The molecule has 1 aliphatic heterocycles. The van der Waals surface area contributed by atoms with E-state index in [1.807, 2.05) is 6.07 Å². The van der Waals surface area contributed by atoms with Crippen LogP contribution in [-0.2, 0) is 7.05 Å². The van der Waals surface area contributed by atoms with Crippen molar-refractivity contribution in [1.29, 1.82) is 0 Å². The van der Waals surface area contributed by atoms with Crippen LogP contribution >= 0.6 is 11.6 Å². The van der Waals surface area contributed by atoms with E-state index in [2.05, 4.69) is 10.4 Å². The second kappa shape index (κ2) is 4.45. The number of hydrogen-bond donors (Lipinski definition) is 1. The molecule has 0 amide bonds. The molecule has 1 spiro atoms. The topological polar surface area (TPSA) is 56.1 Å². The van der Waals surface area contributed by atoms with Crippen molar-refractivity contribution in [2.75, 3.05) is 13.1 Å². The lowest BCUT2D eigenvalue weighted by atomic mass is 9.63. The summed E-state index contributed by atoms with van der Waals surface area (Å²) in [6.45, 7) is 2.20. The molecule has 21 heavy (non-hydrogen) atoms. The molecule has 2 aromatic rings. The molecule has 1 aromatic carbocycles. The van der Waals surface area contributed by atoms with Crippen molar-refractivity contribution in [1.82, 2.24) is 15.1 Å². The number of nitrogens with zero attached hydrogens (tertiary/aromatic N) is 2. The third kappa shape index (κ3) is 2.03. The van der Waals surface area contributed by atoms with Gasteiger partial charge in [-0.1, -0.05) is 11.6 Å². The zero-order valence-corrected chi connectivity index (χ0v) is 12.5. The maximum Gasteiger partial charge on any atom is 0.275 e. The Morgan fingerprint density at radius 2 is 2.19 bits per heavy atom. The molecular weight excluding hydrogens is 290 g/mol. The van der Waals surface area contributed by atoms with E-state index in [9.17, 15) is 4.79 Å². The van der Waals surface area contributed by atoms with Crippen molar-refractivity contribution in [3.8, 4) is 5.75 Å². The van der Waals surface area contributed by atoms with Crippen LogP contribution in [0.4, 0.5) is 0 Å². The quantitative estimate of drug-likeness (QED) is 0.918. The van der Waals surface area contributed by atoms with Crippen molar-refractivity contribution in [2.24, 2.45) is 12.5 Å². The van der Waals surface area contributed by atoms with Crippen LogP contribution < -0.4 is 15.6 Å². The fourth-order valence-electron chi connectivity index (χ4n) is 3.31. The molecule has 2 fully saturated rings. The number of ether oxygens (including phenoxy) is 1. The lowest BCUT2D eigenvalue weighted by molar-refractivity contribution is -0.0494. The van der Waals surface area contributed by atoms with Gasteiger partial charge in [-0.3, -0.25) is 4.79 Å². The molecule has 2 aliphatic rings. The molecule has 4 rings (SSSR count). The minimum Gasteiger partial charge on any atom is -0.490 e. The Kier molecular flexibility index (Phi) is 2.78. The number of fused-ring (bicyclic) bond motifs is 1. The lowest BCUT2D eigenvalue weighted by Gasteiger charge is -2.53. The van der Waals surface area contributed by atoms with E-state index in [4.69, 9.17) is 16.3 Å². The van der Waals surface area contributed by atoms with E-state index in [0.717, 1.165) is 37.1 Å².